The van der Waals surface area contributed by atoms with Gasteiger partial charge in [-0.3, -0.25) is 4.79 Å². The Balaban J connectivity index is 1.57. The van der Waals surface area contributed by atoms with Gasteiger partial charge in [0.05, 0.1) is 43.4 Å². The van der Waals surface area contributed by atoms with E-state index in [1.165, 1.54) is 49.9 Å². The van der Waals surface area contributed by atoms with Gasteiger partial charge in [0.15, 0.2) is 12.4 Å². The van der Waals surface area contributed by atoms with E-state index in [0.29, 0.717) is 16.9 Å². The van der Waals surface area contributed by atoms with E-state index in [9.17, 15) is 38.1 Å². The highest BCUT2D eigenvalue weighted by Crippen LogP contribution is 2.48. The highest BCUT2D eigenvalue weighted by atomic mass is 28.1. The van der Waals surface area contributed by atoms with Gasteiger partial charge in [0.25, 0.3) is 0 Å². The third-order valence-electron chi connectivity index (χ3n) is 11.7. The van der Waals surface area contributed by atoms with Gasteiger partial charge < -0.3 is 58.5 Å². The molecule has 68 heavy (non-hydrogen) atoms. The van der Waals surface area contributed by atoms with Gasteiger partial charge in [-0.15, -0.1) is 0 Å². The Morgan fingerprint density at radius 3 is 1.88 bits per heavy atom. The molecule has 0 bridgehead atoms. The van der Waals surface area contributed by atoms with Crippen LogP contribution in [-0.2, 0) is 57.0 Å². The van der Waals surface area contributed by atoms with E-state index in [4.69, 9.17) is 37.9 Å². The Labute approximate surface area is 396 Å². The van der Waals surface area contributed by atoms with Gasteiger partial charge >= 0.3 is 18.1 Å². The second-order valence-corrected chi connectivity index (χ2v) is 19.3. The number of aliphatic hydroxyl groups is 3. The van der Waals surface area contributed by atoms with Crippen LogP contribution in [-0.4, -0.2) is 122 Å². The van der Waals surface area contributed by atoms with Crippen LogP contribution in [0.25, 0.3) is 0 Å². The first-order chi connectivity index (χ1) is 32.0. The van der Waals surface area contributed by atoms with Crippen LogP contribution in [0.5, 0.6) is 5.75 Å². The molecule has 2 fully saturated rings. The number of nitrogens with one attached hydrogen (secondary N) is 1. The van der Waals surface area contributed by atoms with Crippen LogP contribution in [0.1, 0.15) is 68.6 Å². The molecular formula is C50H60F3NO13Si. The van der Waals surface area contributed by atoms with Gasteiger partial charge in [-0.1, -0.05) is 99.6 Å². The molecule has 0 unspecified atom stereocenters. The second-order valence-electron chi connectivity index (χ2n) is 18.6. The molecule has 368 valence electrons. The Morgan fingerprint density at radius 1 is 0.809 bits per heavy atom. The first-order valence-corrected chi connectivity index (χ1v) is 22.7. The van der Waals surface area contributed by atoms with Gasteiger partial charge in [0.2, 0.25) is 5.79 Å². The minimum Gasteiger partial charge on any atom is -0.497 e. The predicted molar refractivity (Wildman–Crippen MR) is 245 cm³/mol. The number of hydrogen-bond donors (Lipinski definition) is 4. The van der Waals surface area contributed by atoms with E-state index in [2.05, 4.69) is 0 Å². The zero-order chi connectivity index (χ0) is 49.7. The highest BCUT2D eigenvalue weighted by molar-refractivity contribution is 6.36. The first-order valence-electron chi connectivity index (χ1n) is 22.0. The zero-order valence-electron chi connectivity index (χ0n) is 39.0. The monoisotopic (exact) mass is 967 g/mol. The van der Waals surface area contributed by atoms with Crippen LogP contribution in [0, 0.1) is 5.41 Å². The fourth-order valence-electron chi connectivity index (χ4n) is 8.29. The summed E-state index contributed by atoms with van der Waals surface area (Å²) in [6.45, 7) is 8.57. The molecule has 4 aromatic rings. The van der Waals surface area contributed by atoms with E-state index < -0.39 is 96.0 Å². The Hall–Kier alpha value is -5.02. The second kappa shape index (κ2) is 21.3. The van der Waals surface area contributed by atoms with Crippen LogP contribution in [0.2, 0.25) is 0 Å². The van der Waals surface area contributed by atoms with Crippen LogP contribution in [0.3, 0.4) is 0 Å². The predicted octanol–water partition coefficient (Wildman–Crippen LogP) is 5.14. The van der Waals surface area contributed by atoms with E-state index in [1.54, 1.807) is 118 Å². The Bertz CT molecular complexity index is 2300. The number of carbonyl (C=O) groups excluding carboxylic acids is 2. The van der Waals surface area contributed by atoms with Crippen LogP contribution < -0.4 is 10.1 Å². The number of carbonyl (C=O) groups is 2. The fourth-order valence-corrected chi connectivity index (χ4v) is 9.13. The van der Waals surface area contributed by atoms with E-state index in [-0.39, 0.29) is 29.7 Å². The number of alkyl halides is 3. The van der Waals surface area contributed by atoms with Crippen molar-refractivity contribution in [2.75, 3.05) is 13.7 Å². The number of esters is 1. The average molecular weight is 968 g/mol. The molecule has 4 N–H and O–H groups in total. The van der Waals surface area contributed by atoms with Crippen molar-refractivity contribution in [1.82, 2.24) is 5.32 Å². The molecular weight excluding hydrogens is 908 g/mol. The summed E-state index contributed by atoms with van der Waals surface area (Å²) >= 11 is 0. The van der Waals surface area contributed by atoms with E-state index >= 15 is 0 Å². The maximum Gasteiger partial charge on any atom is 0.471 e. The smallest absolute Gasteiger partial charge is 0.471 e. The lowest BCUT2D eigenvalue weighted by molar-refractivity contribution is -0.401. The molecule has 0 spiro atoms. The number of aliphatic hydroxyl groups excluding tert-OH is 2. The number of benzene rings is 4. The summed E-state index contributed by atoms with van der Waals surface area (Å²) in [5.41, 5.74) is -3.00. The first kappa shape index (κ1) is 52.4. The number of ether oxygens (including phenoxy) is 8. The fraction of sp³-hybridized carbons (Fsp3) is 0.460. The molecule has 18 heteroatoms. The summed E-state index contributed by atoms with van der Waals surface area (Å²) in [5, 5.41) is 38.1. The Kier molecular flexibility index (Phi) is 16.4. The minimum absolute atomic E-state index is 0.0427. The molecule has 0 aromatic heterocycles. The van der Waals surface area contributed by atoms with Crippen molar-refractivity contribution in [3.8, 4) is 5.75 Å². The van der Waals surface area contributed by atoms with Gasteiger partial charge in [-0.05, 0) is 73.7 Å². The number of amides is 1. The van der Waals surface area contributed by atoms with Gasteiger partial charge in [0.1, 0.15) is 47.9 Å². The van der Waals surface area contributed by atoms with E-state index in [0.717, 1.165) is 0 Å². The average Bonchev–Trinajstić information content (AvgIpc) is 3.30. The van der Waals surface area contributed by atoms with Crippen molar-refractivity contribution < 1.29 is 76.0 Å². The lowest BCUT2D eigenvalue weighted by atomic mass is 9.66. The summed E-state index contributed by atoms with van der Waals surface area (Å²) < 4.78 is 94.2. The summed E-state index contributed by atoms with van der Waals surface area (Å²) in [6.07, 6.45) is -17.9. The molecule has 1 amide bonds. The normalized spacial score (nSPS) is 27.7. The quantitative estimate of drug-likeness (QED) is 0.0858. The van der Waals surface area contributed by atoms with Crippen molar-refractivity contribution in [1.29, 1.82) is 0 Å². The van der Waals surface area contributed by atoms with Crippen LogP contribution in [0.4, 0.5) is 13.2 Å². The molecule has 10 atom stereocenters. The van der Waals surface area contributed by atoms with Gasteiger partial charge in [-0.2, -0.15) is 13.2 Å². The maximum atomic E-state index is 14.4. The molecule has 0 radical (unpaired) electrons. The van der Waals surface area contributed by atoms with E-state index in [1.807, 2.05) is 11.4 Å². The van der Waals surface area contributed by atoms with Crippen LogP contribution in [0.15, 0.2) is 115 Å². The lowest BCUT2D eigenvalue weighted by Gasteiger charge is -2.57. The minimum atomic E-state index is -5.46. The van der Waals surface area contributed by atoms with Crippen molar-refractivity contribution in [2.45, 2.75) is 127 Å². The molecule has 14 nitrogen and oxygen atoms in total. The van der Waals surface area contributed by atoms with Crippen molar-refractivity contribution in [3.05, 3.63) is 138 Å². The topological polar surface area (TPSA) is 181 Å². The summed E-state index contributed by atoms with van der Waals surface area (Å²) in [5.74, 6) is -5.04. The molecule has 2 heterocycles. The SMILES string of the molecule is COc1ccc([C@@]2(OCc3ccccc3)O[C@H](CO)[C@@H](O[C@@H]3O[C@H](C(=[SiH2])OC(C)(C)C)[C@@](O)(C(C)(C)C)[C@H](O)[C@H]3NC(=O)C(F)(F)F)[C@H](OCc3ccccc3)[C@H]2OC(=O)c2ccccc2)cc1. The third-order valence-corrected chi connectivity index (χ3v) is 12.2. The number of methoxy groups -OCH3 is 1. The van der Waals surface area contributed by atoms with Crippen molar-refractivity contribution in [3.63, 3.8) is 0 Å². The van der Waals surface area contributed by atoms with Gasteiger partial charge in [0, 0.05) is 15.4 Å². The van der Waals surface area contributed by atoms with Crippen LogP contribution >= 0.6 is 0 Å². The number of halogens is 3. The molecule has 2 aliphatic rings. The van der Waals surface area contributed by atoms with Crippen molar-refractivity contribution >= 4 is 27.1 Å². The summed E-state index contributed by atoms with van der Waals surface area (Å²) in [7, 11) is 2.67. The standard InChI is InChI=1S/C50H60F3NO13Si/c1-46(2,3)48(59)39(56)36(54-45(58)50(51,52)53)43(65-41(48)44(68)67-47(4,5)6)63-37-35(27-55)66-49(33-23-25-34(60-7)26-24-33,62-29-31-19-13-9-14-20-31)40(64-42(57)32-21-15-10-16-22-32)38(37)61-28-30-17-11-8-12-18-30/h8-26,35-41,43,55-56,59H,27-29,68H2,1-7H3,(H,54,58)/t35-,36-,37-,38+,39-,40-,41-,43-,48-,49-/m1/s1. The maximum absolute atomic E-state index is 14.4. The third kappa shape index (κ3) is 11.7. The molecule has 0 aliphatic carbocycles. The van der Waals surface area contributed by atoms with Gasteiger partial charge in [-0.25, -0.2) is 4.79 Å². The molecule has 4 aromatic carbocycles. The van der Waals surface area contributed by atoms with Crippen molar-refractivity contribution in [2.24, 2.45) is 5.41 Å². The summed E-state index contributed by atoms with van der Waals surface area (Å²) in [6, 6.07) is 30.2. The molecule has 0 saturated carbocycles. The lowest BCUT2D eigenvalue weighted by Crippen LogP contribution is -2.77. The summed E-state index contributed by atoms with van der Waals surface area (Å²) in [4.78, 5) is 27.3. The largest absolute Gasteiger partial charge is 0.497 e. The molecule has 2 saturated heterocycles. The highest BCUT2D eigenvalue weighted by Gasteiger charge is 2.66. The molecule has 6 rings (SSSR count). The molecule has 2 aliphatic heterocycles. The number of hydrogen-bond acceptors (Lipinski definition) is 13. The zero-order valence-corrected chi connectivity index (χ0v) is 40.4. The number of rotatable bonds is 16. The Morgan fingerprint density at radius 2 is 1.37 bits per heavy atom.